The highest BCUT2D eigenvalue weighted by molar-refractivity contribution is 5.91. The highest BCUT2D eigenvalue weighted by Crippen LogP contribution is 2.24. The molecule has 3 aromatic carbocycles. The van der Waals surface area contributed by atoms with Crippen LogP contribution < -0.4 is 9.47 Å². The third-order valence-corrected chi connectivity index (χ3v) is 6.49. The molecule has 0 amide bonds. The van der Waals surface area contributed by atoms with E-state index in [1.54, 1.807) is 31.4 Å². The Morgan fingerprint density at radius 1 is 0.694 bits per heavy atom. The van der Waals surface area contributed by atoms with Gasteiger partial charge in [0.2, 0.25) is 0 Å². The van der Waals surface area contributed by atoms with Gasteiger partial charge in [0.15, 0.2) is 0 Å². The van der Waals surface area contributed by atoms with E-state index in [0.717, 1.165) is 35.5 Å². The minimum Gasteiger partial charge on any atom is -0.494 e. The summed E-state index contributed by atoms with van der Waals surface area (Å²) in [5.74, 6) is 1.03. The zero-order valence-electron chi connectivity index (χ0n) is 22.0. The van der Waals surface area contributed by atoms with E-state index in [1.165, 1.54) is 44.9 Å². The van der Waals surface area contributed by atoms with Gasteiger partial charge in [-0.3, -0.25) is 0 Å². The van der Waals surface area contributed by atoms with Crippen LogP contribution in [0.15, 0.2) is 72.8 Å². The van der Waals surface area contributed by atoms with Gasteiger partial charge in [0.1, 0.15) is 11.5 Å². The maximum Gasteiger partial charge on any atom is 0.343 e. The van der Waals surface area contributed by atoms with Gasteiger partial charge in [-0.1, -0.05) is 88.3 Å². The summed E-state index contributed by atoms with van der Waals surface area (Å²) in [7, 11) is 1.67. The standard InChI is InChI=1S/C32H40O4/c1-4-5-6-7-8-9-10-11-24-35-30-20-18-28(19-21-30)27-12-14-29(15-13-27)32(33)36-31-22-16-26(17-23-31)25(2)34-3/h12-23,25H,4-11,24H2,1-3H3. The van der Waals surface area contributed by atoms with Crippen LogP contribution in [0, 0.1) is 0 Å². The molecule has 3 rings (SSSR count). The Kier molecular flexibility index (Phi) is 11.5. The lowest BCUT2D eigenvalue weighted by Crippen LogP contribution is -2.08. The molecule has 0 aliphatic heterocycles. The first-order valence-electron chi connectivity index (χ1n) is 13.3. The Morgan fingerprint density at radius 3 is 1.81 bits per heavy atom. The average molecular weight is 489 g/mol. The van der Waals surface area contributed by atoms with Gasteiger partial charge in [0, 0.05) is 7.11 Å². The third kappa shape index (κ3) is 8.83. The molecule has 0 radical (unpaired) electrons. The highest BCUT2D eigenvalue weighted by Gasteiger charge is 2.10. The van der Waals surface area contributed by atoms with Crippen LogP contribution in [0.25, 0.3) is 11.1 Å². The molecule has 192 valence electrons. The van der Waals surface area contributed by atoms with Gasteiger partial charge in [-0.15, -0.1) is 0 Å². The third-order valence-electron chi connectivity index (χ3n) is 6.49. The van der Waals surface area contributed by atoms with E-state index in [2.05, 4.69) is 19.1 Å². The number of carbonyl (C=O) groups excluding carboxylic acids is 1. The summed E-state index contributed by atoms with van der Waals surface area (Å²) < 4.78 is 16.7. The van der Waals surface area contributed by atoms with Crippen molar-refractivity contribution < 1.29 is 19.0 Å². The Labute approximate surface area is 216 Å². The fourth-order valence-electron chi connectivity index (χ4n) is 4.08. The van der Waals surface area contributed by atoms with Gasteiger partial charge < -0.3 is 14.2 Å². The molecule has 1 unspecified atom stereocenters. The minimum atomic E-state index is -0.376. The number of methoxy groups -OCH3 is 1. The molecule has 0 N–H and O–H groups in total. The van der Waals surface area contributed by atoms with Gasteiger partial charge in [0.05, 0.1) is 18.3 Å². The molecular formula is C32H40O4. The van der Waals surface area contributed by atoms with Crippen molar-refractivity contribution in [3.05, 3.63) is 83.9 Å². The van der Waals surface area contributed by atoms with E-state index in [9.17, 15) is 4.79 Å². The first kappa shape index (κ1) is 27.5. The van der Waals surface area contributed by atoms with Crippen molar-refractivity contribution in [3.63, 3.8) is 0 Å². The fourth-order valence-corrected chi connectivity index (χ4v) is 4.08. The summed E-state index contributed by atoms with van der Waals surface area (Å²) in [4.78, 5) is 12.5. The van der Waals surface area contributed by atoms with Gasteiger partial charge in [-0.25, -0.2) is 4.79 Å². The Hall–Kier alpha value is -3.11. The van der Waals surface area contributed by atoms with Crippen LogP contribution >= 0.6 is 0 Å². The molecule has 0 heterocycles. The van der Waals surface area contributed by atoms with Crippen LogP contribution in [-0.4, -0.2) is 19.7 Å². The second-order valence-corrected chi connectivity index (χ2v) is 9.26. The van der Waals surface area contributed by atoms with E-state index in [0.29, 0.717) is 11.3 Å². The molecule has 0 saturated heterocycles. The van der Waals surface area contributed by atoms with Crippen LogP contribution in [0.5, 0.6) is 11.5 Å². The molecule has 0 aliphatic carbocycles. The molecular weight excluding hydrogens is 448 g/mol. The van der Waals surface area contributed by atoms with Gasteiger partial charge in [0.25, 0.3) is 0 Å². The van der Waals surface area contributed by atoms with Gasteiger partial charge >= 0.3 is 5.97 Å². The van der Waals surface area contributed by atoms with Gasteiger partial charge in [-0.2, -0.15) is 0 Å². The molecule has 0 aromatic heterocycles. The minimum absolute atomic E-state index is 0.00201. The first-order chi connectivity index (χ1) is 17.6. The van der Waals surface area contributed by atoms with Crippen LogP contribution in [0.3, 0.4) is 0 Å². The number of rotatable bonds is 15. The number of hydrogen-bond donors (Lipinski definition) is 0. The zero-order valence-corrected chi connectivity index (χ0v) is 22.0. The van der Waals surface area contributed by atoms with Crippen molar-refractivity contribution in [2.24, 2.45) is 0 Å². The van der Waals surface area contributed by atoms with Crippen LogP contribution in [-0.2, 0) is 4.74 Å². The van der Waals surface area contributed by atoms with Crippen LogP contribution in [0.1, 0.15) is 87.2 Å². The van der Waals surface area contributed by atoms with Crippen molar-refractivity contribution in [1.82, 2.24) is 0 Å². The summed E-state index contributed by atoms with van der Waals surface area (Å²) in [5, 5.41) is 0. The van der Waals surface area contributed by atoms with E-state index in [4.69, 9.17) is 14.2 Å². The first-order valence-corrected chi connectivity index (χ1v) is 13.3. The monoisotopic (exact) mass is 488 g/mol. The maximum atomic E-state index is 12.5. The number of esters is 1. The summed E-state index contributed by atoms with van der Waals surface area (Å²) in [6.45, 7) is 4.99. The molecule has 1 atom stereocenters. The molecule has 4 nitrogen and oxygen atoms in total. The number of unbranched alkanes of at least 4 members (excludes halogenated alkanes) is 7. The largest absolute Gasteiger partial charge is 0.494 e. The van der Waals surface area contributed by atoms with Gasteiger partial charge in [-0.05, 0) is 66.4 Å². The molecule has 4 heteroatoms. The van der Waals surface area contributed by atoms with Crippen LogP contribution in [0.4, 0.5) is 0 Å². The fraction of sp³-hybridized carbons (Fsp3) is 0.406. The number of benzene rings is 3. The number of hydrogen-bond acceptors (Lipinski definition) is 4. The van der Waals surface area contributed by atoms with Crippen molar-refractivity contribution in [2.75, 3.05) is 13.7 Å². The summed E-state index contributed by atoms with van der Waals surface area (Å²) in [6, 6.07) is 23.0. The van der Waals surface area contributed by atoms with Crippen LogP contribution in [0.2, 0.25) is 0 Å². The topological polar surface area (TPSA) is 44.8 Å². The molecule has 0 fully saturated rings. The molecule has 0 bridgehead atoms. The predicted molar refractivity (Wildman–Crippen MR) is 147 cm³/mol. The average Bonchev–Trinajstić information content (AvgIpc) is 2.92. The lowest BCUT2D eigenvalue weighted by atomic mass is 10.0. The van der Waals surface area contributed by atoms with Crippen molar-refractivity contribution in [1.29, 1.82) is 0 Å². The normalized spacial score (nSPS) is 11.8. The molecule has 36 heavy (non-hydrogen) atoms. The van der Waals surface area contributed by atoms with E-state index in [-0.39, 0.29) is 12.1 Å². The molecule has 0 aliphatic rings. The Balaban J connectivity index is 1.43. The summed E-state index contributed by atoms with van der Waals surface area (Å²) in [5.41, 5.74) is 3.67. The Morgan fingerprint density at radius 2 is 1.22 bits per heavy atom. The lowest BCUT2D eigenvalue weighted by Gasteiger charge is -2.11. The van der Waals surface area contributed by atoms with Crippen molar-refractivity contribution in [3.8, 4) is 22.6 Å². The second kappa shape index (κ2) is 15.1. The molecule has 0 spiro atoms. The van der Waals surface area contributed by atoms with Crippen molar-refractivity contribution >= 4 is 5.97 Å². The second-order valence-electron chi connectivity index (χ2n) is 9.26. The smallest absolute Gasteiger partial charge is 0.343 e. The van der Waals surface area contributed by atoms with E-state index < -0.39 is 0 Å². The number of ether oxygens (including phenoxy) is 3. The quantitative estimate of drug-likeness (QED) is 0.122. The van der Waals surface area contributed by atoms with Crippen molar-refractivity contribution in [2.45, 2.75) is 71.3 Å². The number of carbonyl (C=O) groups is 1. The molecule has 0 saturated carbocycles. The Bertz CT molecular complexity index is 1020. The van der Waals surface area contributed by atoms with E-state index >= 15 is 0 Å². The zero-order chi connectivity index (χ0) is 25.6. The highest BCUT2D eigenvalue weighted by atomic mass is 16.5. The van der Waals surface area contributed by atoms with E-state index in [1.807, 2.05) is 43.3 Å². The predicted octanol–water partition coefficient (Wildman–Crippen LogP) is 8.80. The maximum absolute atomic E-state index is 12.5. The molecule has 3 aromatic rings. The SMILES string of the molecule is CCCCCCCCCCOc1ccc(-c2ccc(C(=O)Oc3ccc(C(C)OC)cc3)cc2)cc1. The lowest BCUT2D eigenvalue weighted by molar-refractivity contribution is 0.0734. The summed E-state index contributed by atoms with van der Waals surface area (Å²) in [6.07, 6.45) is 10.4. The summed E-state index contributed by atoms with van der Waals surface area (Å²) >= 11 is 0.